The largest absolute Gasteiger partial charge is 0.489 e. The molecule has 0 spiro atoms. The highest BCUT2D eigenvalue weighted by Gasteiger charge is 2.36. The average Bonchev–Trinajstić information content (AvgIpc) is 2.99. The molecule has 0 aromatic heterocycles. The van der Waals surface area contributed by atoms with E-state index in [4.69, 9.17) is 9.47 Å². The van der Waals surface area contributed by atoms with Crippen molar-refractivity contribution in [2.45, 2.75) is 13.2 Å². The van der Waals surface area contributed by atoms with E-state index in [-0.39, 0.29) is 23.6 Å². The number of urea groups is 1. The number of benzene rings is 4. The lowest BCUT2D eigenvalue weighted by Crippen LogP contribution is -2.54. The SMILES string of the molecule is O=C1NC(=O)N(c2ccc(OCc3ccc(Br)cc3)cc2)C(=O)/C1=C/c1ccc(OCc2ccc([N+](=O)[O-])cc2)cc1. The molecule has 210 valence electrons. The predicted octanol–water partition coefficient (Wildman–Crippen LogP) is 6.18. The van der Waals surface area contributed by atoms with Gasteiger partial charge in [0.1, 0.15) is 30.3 Å². The van der Waals surface area contributed by atoms with E-state index >= 15 is 0 Å². The highest BCUT2D eigenvalue weighted by atomic mass is 79.9. The van der Waals surface area contributed by atoms with Crippen LogP contribution in [0.1, 0.15) is 16.7 Å². The number of hydrogen-bond acceptors (Lipinski definition) is 7. The summed E-state index contributed by atoms with van der Waals surface area (Å²) in [7, 11) is 0. The highest BCUT2D eigenvalue weighted by molar-refractivity contribution is 9.10. The van der Waals surface area contributed by atoms with Gasteiger partial charge in [-0.15, -0.1) is 0 Å². The zero-order valence-electron chi connectivity index (χ0n) is 21.9. The Morgan fingerprint density at radius 3 is 1.83 bits per heavy atom. The fourth-order valence-corrected chi connectivity index (χ4v) is 4.30. The smallest absolute Gasteiger partial charge is 0.335 e. The molecule has 4 amide bonds. The van der Waals surface area contributed by atoms with Gasteiger partial charge in [-0.25, -0.2) is 9.69 Å². The van der Waals surface area contributed by atoms with E-state index in [1.807, 2.05) is 24.3 Å². The van der Waals surface area contributed by atoms with Crippen molar-refractivity contribution >= 4 is 51.2 Å². The van der Waals surface area contributed by atoms with Crippen molar-refractivity contribution in [2.75, 3.05) is 4.90 Å². The van der Waals surface area contributed by atoms with Crippen LogP contribution in [0.2, 0.25) is 0 Å². The second kappa shape index (κ2) is 12.5. The summed E-state index contributed by atoms with van der Waals surface area (Å²) in [6.45, 7) is 0.544. The summed E-state index contributed by atoms with van der Waals surface area (Å²) in [4.78, 5) is 49.6. The van der Waals surface area contributed by atoms with Crippen LogP contribution in [0.25, 0.3) is 6.08 Å². The molecule has 5 rings (SSSR count). The molecule has 42 heavy (non-hydrogen) atoms. The number of carbonyl (C=O) groups excluding carboxylic acids is 3. The van der Waals surface area contributed by atoms with Crippen LogP contribution in [-0.2, 0) is 22.8 Å². The minimum absolute atomic E-state index is 0.00341. The van der Waals surface area contributed by atoms with Gasteiger partial charge in [-0.05, 0) is 83.4 Å². The standard InChI is InChI=1S/C31H22BrN3O7/c32-23-7-1-21(2-8-23)18-42-27-15-11-24(12-16-27)34-30(37)28(29(36)33-31(34)38)17-20-5-13-26(14-6-20)41-19-22-3-9-25(10-4-22)35(39)40/h1-17H,18-19H2,(H,33,36,38)/b28-17+. The Balaban J connectivity index is 1.24. The van der Waals surface area contributed by atoms with Gasteiger partial charge < -0.3 is 9.47 Å². The molecule has 1 aliphatic heterocycles. The summed E-state index contributed by atoms with van der Waals surface area (Å²) in [5, 5.41) is 13.0. The first-order valence-electron chi connectivity index (χ1n) is 12.6. The molecule has 0 saturated carbocycles. The van der Waals surface area contributed by atoms with Gasteiger partial charge in [-0.3, -0.25) is 25.0 Å². The molecule has 1 aliphatic rings. The van der Waals surface area contributed by atoms with E-state index in [0.29, 0.717) is 23.7 Å². The van der Waals surface area contributed by atoms with E-state index in [9.17, 15) is 24.5 Å². The van der Waals surface area contributed by atoms with E-state index in [1.165, 1.54) is 18.2 Å². The van der Waals surface area contributed by atoms with E-state index < -0.39 is 22.8 Å². The lowest BCUT2D eigenvalue weighted by Gasteiger charge is -2.26. The number of rotatable bonds is 9. The number of non-ortho nitro benzene ring substituents is 1. The summed E-state index contributed by atoms with van der Waals surface area (Å²) in [6, 6.07) is 26.0. The van der Waals surface area contributed by atoms with E-state index in [2.05, 4.69) is 21.2 Å². The molecule has 1 fully saturated rings. The Labute approximate surface area is 248 Å². The second-order valence-corrected chi connectivity index (χ2v) is 10.1. The molecule has 1 heterocycles. The lowest BCUT2D eigenvalue weighted by molar-refractivity contribution is -0.384. The molecule has 0 bridgehead atoms. The van der Waals surface area contributed by atoms with Crippen molar-refractivity contribution in [3.8, 4) is 11.5 Å². The zero-order chi connectivity index (χ0) is 29.6. The molecule has 1 saturated heterocycles. The Hall–Kier alpha value is -5.29. The normalized spacial score (nSPS) is 14.1. The van der Waals surface area contributed by atoms with Gasteiger partial charge in [0.15, 0.2) is 0 Å². The van der Waals surface area contributed by atoms with Crippen LogP contribution in [0.5, 0.6) is 11.5 Å². The summed E-state index contributed by atoms with van der Waals surface area (Å²) in [5.41, 5.74) is 2.35. The molecule has 10 nitrogen and oxygen atoms in total. The van der Waals surface area contributed by atoms with Crippen LogP contribution in [0.4, 0.5) is 16.2 Å². The van der Waals surface area contributed by atoms with Gasteiger partial charge in [0, 0.05) is 16.6 Å². The average molecular weight is 628 g/mol. The van der Waals surface area contributed by atoms with Gasteiger partial charge in [0.05, 0.1) is 10.6 Å². The van der Waals surface area contributed by atoms with Crippen molar-refractivity contribution in [1.29, 1.82) is 0 Å². The molecule has 0 atom stereocenters. The summed E-state index contributed by atoms with van der Waals surface area (Å²) in [6.07, 6.45) is 1.40. The van der Waals surface area contributed by atoms with E-state index in [1.54, 1.807) is 60.7 Å². The van der Waals surface area contributed by atoms with Crippen LogP contribution < -0.4 is 19.7 Å². The predicted molar refractivity (Wildman–Crippen MR) is 158 cm³/mol. The number of hydrogen-bond donors (Lipinski definition) is 1. The first-order chi connectivity index (χ1) is 20.3. The third-order valence-electron chi connectivity index (χ3n) is 6.26. The van der Waals surface area contributed by atoms with Crippen LogP contribution in [-0.4, -0.2) is 22.8 Å². The number of barbiturate groups is 1. The number of nitro groups is 1. The Morgan fingerprint density at radius 1 is 0.762 bits per heavy atom. The molecule has 11 heteroatoms. The minimum atomic E-state index is -0.847. The summed E-state index contributed by atoms with van der Waals surface area (Å²) in [5.74, 6) is -0.483. The topological polar surface area (TPSA) is 128 Å². The maximum Gasteiger partial charge on any atom is 0.335 e. The highest BCUT2D eigenvalue weighted by Crippen LogP contribution is 2.26. The first-order valence-corrected chi connectivity index (χ1v) is 13.4. The zero-order valence-corrected chi connectivity index (χ0v) is 23.4. The van der Waals surface area contributed by atoms with Gasteiger partial charge in [0.2, 0.25) is 0 Å². The molecule has 0 aliphatic carbocycles. The summed E-state index contributed by atoms with van der Waals surface area (Å²) < 4.78 is 12.5. The molecule has 4 aromatic rings. The van der Waals surface area contributed by atoms with Crippen molar-refractivity contribution in [1.82, 2.24) is 5.32 Å². The number of halogens is 1. The number of nitrogens with zero attached hydrogens (tertiary/aromatic N) is 2. The van der Waals surface area contributed by atoms with Crippen molar-refractivity contribution in [3.05, 3.63) is 134 Å². The first kappa shape index (κ1) is 28.2. The maximum atomic E-state index is 13.2. The molecule has 0 unspecified atom stereocenters. The second-order valence-electron chi connectivity index (χ2n) is 9.15. The van der Waals surface area contributed by atoms with Crippen LogP contribution in [0.3, 0.4) is 0 Å². The molecule has 0 radical (unpaired) electrons. The molecule has 4 aromatic carbocycles. The minimum Gasteiger partial charge on any atom is -0.489 e. The Kier molecular flexibility index (Phi) is 8.39. The van der Waals surface area contributed by atoms with Crippen LogP contribution in [0.15, 0.2) is 107 Å². The molecule has 1 N–H and O–H groups in total. The monoisotopic (exact) mass is 627 g/mol. The third kappa shape index (κ3) is 6.70. The molecular weight excluding hydrogens is 606 g/mol. The fourth-order valence-electron chi connectivity index (χ4n) is 4.04. The quantitative estimate of drug-likeness (QED) is 0.101. The number of nitrogens with one attached hydrogen (secondary N) is 1. The van der Waals surface area contributed by atoms with E-state index in [0.717, 1.165) is 20.5 Å². The molecular formula is C31H22BrN3O7. The van der Waals surface area contributed by atoms with Crippen molar-refractivity contribution in [3.63, 3.8) is 0 Å². The Morgan fingerprint density at radius 2 is 1.29 bits per heavy atom. The van der Waals surface area contributed by atoms with Crippen LogP contribution >= 0.6 is 15.9 Å². The number of nitro benzene ring substituents is 1. The lowest BCUT2D eigenvalue weighted by atomic mass is 10.1. The number of amides is 4. The van der Waals surface area contributed by atoms with Crippen molar-refractivity contribution < 1.29 is 28.8 Å². The number of imide groups is 2. The van der Waals surface area contributed by atoms with Gasteiger partial charge >= 0.3 is 6.03 Å². The van der Waals surface area contributed by atoms with Crippen LogP contribution in [0, 0.1) is 10.1 Å². The number of carbonyl (C=O) groups is 3. The fraction of sp³-hybridized carbons (Fsp3) is 0.0645. The van der Waals surface area contributed by atoms with Gasteiger partial charge in [-0.2, -0.15) is 0 Å². The maximum absolute atomic E-state index is 13.2. The number of anilines is 1. The van der Waals surface area contributed by atoms with Gasteiger partial charge in [0.25, 0.3) is 17.5 Å². The summed E-state index contributed by atoms with van der Waals surface area (Å²) >= 11 is 3.39. The van der Waals surface area contributed by atoms with Gasteiger partial charge in [-0.1, -0.05) is 40.2 Å². The number of ether oxygens (including phenoxy) is 2. The third-order valence-corrected chi connectivity index (χ3v) is 6.79. The van der Waals surface area contributed by atoms with Crippen molar-refractivity contribution in [2.24, 2.45) is 0 Å². The Bertz CT molecular complexity index is 1670.